The molecule has 47 heavy (non-hydrogen) atoms. The number of carbonyl (C=O) groups is 3. The molecule has 1 unspecified atom stereocenters. The van der Waals surface area contributed by atoms with Gasteiger partial charge in [0, 0.05) is 47.7 Å². The lowest BCUT2D eigenvalue weighted by atomic mass is 9.75. The Balaban J connectivity index is 1.43. The topological polar surface area (TPSA) is 143 Å². The van der Waals surface area contributed by atoms with E-state index in [1.807, 2.05) is 0 Å². The Bertz CT molecular complexity index is 1630. The molecule has 1 saturated carbocycles. The van der Waals surface area contributed by atoms with E-state index < -0.39 is 50.8 Å². The van der Waals surface area contributed by atoms with Crippen LogP contribution in [-0.2, 0) is 29.7 Å². The summed E-state index contributed by atoms with van der Waals surface area (Å²) in [4.78, 5) is 42.2. The third-order valence-electron chi connectivity index (χ3n) is 9.21. The van der Waals surface area contributed by atoms with Crippen LogP contribution < -0.4 is 20.3 Å². The minimum Gasteiger partial charge on any atom is -0.443 e. The van der Waals surface area contributed by atoms with E-state index in [0.29, 0.717) is 56.1 Å². The Kier molecular flexibility index (Phi) is 9.89. The maximum absolute atomic E-state index is 16.1. The van der Waals surface area contributed by atoms with Crippen molar-refractivity contribution < 1.29 is 36.7 Å². The maximum atomic E-state index is 16.1. The standard InChI is InChI=1S/C34H45FN4O7S/c1-21-9-11-22(12-10-21)29(37-30(40)23-7-6-8-24(17-23)38-47(5,43)44)31(41)36-25-18-26(35)28-27(19-25)39(32(42)46-33(2,3)4)20-34(28)13-15-45-16-14-34/h6-8,17-19,21-22,29,38H,9-16,20H2,1-5H3,(H,36,41)(H,37,40)/t21-,22-,29?. The summed E-state index contributed by atoms with van der Waals surface area (Å²) in [6, 6.07) is 7.95. The van der Waals surface area contributed by atoms with Gasteiger partial charge in [-0.25, -0.2) is 17.6 Å². The van der Waals surface area contributed by atoms with Gasteiger partial charge in [-0.3, -0.25) is 19.2 Å². The summed E-state index contributed by atoms with van der Waals surface area (Å²) < 4.78 is 53.2. The molecule has 2 fully saturated rings. The van der Waals surface area contributed by atoms with Crippen molar-refractivity contribution >= 4 is 45.0 Å². The minimum absolute atomic E-state index is 0.159. The summed E-state index contributed by atoms with van der Waals surface area (Å²) in [5.74, 6) is -1.26. The maximum Gasteiger partial charge on any atom is 0.414 e. The first-order valence-corrected chi connectivity index (χ1v) is 18.0. The van der Waals surface area contributed by atoms with Crippen LogP contribution in [0.2, 0.25) is 0 Å². The second-order valence-electron chi connectivity index (χ2n) is 14.2. The summed E-state index contributed by atoms with van der Waals surface area (Å²) in [6.45, 7) is 8.56. The van der Waals surface area contributed by atoms with Crippen LogP contribution in [0.1, 0.15) is 82.1 Å². The normalized spacial score (nSPS) is 21.4. The van der Waals surface area contributed by atoms with Gasteiger partial charge in [0.1, 0.15) is 17.5 Å². The van der Waals surface area contributed by atoms with Crippen LogP contribution in [0, 0.1) is 17.7 Å². The molecule has 3 N–H and O–H groups in total. The fourth-order valence-electron chi connectivity index (χ4n) is 6.92. The molecular formula is C34H45FN4O7S. The fraction of sp³-hybridized carbons (Fsp3) is 0.559. The number of anilines is 3. The van der Waals surface area contributed by atoms with E-state index in [1.54, 1.807) is 32.9 Å². The van der Waals surface area contributed by atoms with E-state index in [4.69, 9.17) is 9.47 Å². The zero-order chi connectivity index (χ0) is 34.1. The number of nitrogens with one attached hydrogen (secondary N) is 3. The molecule has 2 aromatic carbocycles. The summed E-state index contributed by atoms with van der Waals surface area (Å²) in [5.41, 5.74) is -0.0793. The molecule has 0 aromatic heterocycles. The summed E-state index contributed by atoms with van der Waals surface area (Å²) >= 11 is 0. The van der Waals surface area contributed by atoms with Crippen molar-refractivity contribution in [1.82, 2.24) is 5.32 Å². The monoisotopic (exact) mass is 672 g/mol. The molecule has 3 amide bonds. The second-order valence-corrected chi connectivity index (χ2v) is 16.0. The van der Waals surface area contributed by atoms with Gasteiger partial charge in [-0.05, 0) is 88.6 Å². The third-order valence-corrected chi connectivity index (χ3v) is 9.82. The largest absolute Gasteiger partial charge is 0.443 e. The highest BCUT2D eigenvalue weighted by Crippen LogP contribution is 2.49. The molecule has 3 aliphatic rings. The summed E-state index contributed by atoms with van der Waals surface area (Å²) in [5, 5.41) is 5.70. The Morgan fingerprint density at radius 2 is 1.72 bits per heavy atom. The highest BCUT2D eigenvalue weighted by molar-refractivity contribution is 7.92. The van der Waals surface area contributed by atoms with Gasteiger partial charge in [0.15, 0.2) is 0 Å². The number of rotatable bonds is 7. The molecule has 11 nitrogen and oxygen atoms in total. The van der Waals surface area contributed by atoms with E-state index in [1.165, 1.54) is 29.2 Å². The number of nitrogens with zero attached hydrogens (tertiary/aromatic N) is 1. The lowest BCUT2D eigenvalue weighted by Crippen LogP contribution is -2.49. The van der Waals surface area contributed by atoms with Crippen LogP contribution >= 0.6 is 0 Å². The van der Waals surface area contributed by atoms with Crippen LogP contribution in [-0.4, -0.2) is 64.0 Å². The van der Waals surface area contributed by atoms with Gasteiger partial charge in [0.2, 0.25) is 15.9 Å². The highest BCUT2D eigenvalue weighted by Gasteiger charge is 2.49. The van der Waals surface area contributed by atoms with Gasteiger partial charge >= 0.3 is 6.09 Å². The van der Waals surface area contributed by atoms with Crippen molar-refractivity contribution in [1.29, 1.82) is 0 Å². The molecule has 13 heteroatoms. The molecular weight excluding hydrogens is 627 g/mol. The van der Waals surface area contributed by atoms with Crippen molar-refractivity contribution in [2.24, 2.45) is 11.8 Å². The molecule has 256 valence electrons. The minimum atomic E-state index is -3.56. The third kappa shape index (κ3) is 8.24. The number of hydrogen-bond donors (Lipinski definition) is 3. The number of benzene rings is 2. The molecule has 0 radical (unpaired) electrons. The average Bonchev–Trinajstić information content (AvgIpc) is 3.28. The SMILES string of the molecule is CC(C)(C)OC(=O)N1CC2(CCOCC2)c2c(F)cc(NC(=O)C(NC(=O)c3cccc(NS(C)(=O)=O)c3)[C@H]3CC[C@H](C)CC3)cc21. The molecule has 1 atom stereocenters. The first kappa shape index (κ1) is 34.6. The van der Waals surface area contributed by atoms with Gasteiger partial charge in [-0.2, -0.15) is 0 Å². The molecule has 1 aliphatic carbocycles. The zero-order valence-electron chi connectivity index (χ0n) is 27.7. The van der Waals surface area contributed by atoms with Crippen molar-refractivity contribution in [2.75, 3.05) is 41.0 Å². The molecule has 2 aliphatic heterocycles. The number of sulfonamides is 1. The Morgan fingerprint density at radius 1 is 1.04 bits per heavy atom. The van der Waals surface area contributed by atoms with E-state index >= 15 is 4.39 Å². The summed E-state index contributed by atoms with van der Waals surface area (Å²) in [6.07, 6.45) is 4.70. The number of halogens is 1. The van der Waals surface area contributed by atoms with Crippen LogP contribution in [0.3, 0.4) is 0 Å². The van der Waals surface area contributed by atoms with E-state index in [9.17, 15) is 22.8 Å². The number of fused-ring (bicyclic) bond motifs is 2. The zero-order valence-corrected chi connectivity index (χ0v) is 28.5. The second kappa shape index (κ2) is 13.4. The van der Waals surface area contributed by atoms with Gasteiger partial charge in [-0.1, -0.05) is 25.8 Å². The van der Waals surface area contributed by atoms with Crippen molar-refractivity contribution in [2.45, 2.75) is 83.3 Å². The fourth-order valence-corrected chi connectivity index (χ4v) is 7.47. The number of amides is 3. The van der Waals surface area contributed by atoms with E-state index in [0.717, 1.165) is 19.1 Å². The number of hydrogen-bond acceptors (Lipinski definition) is 7. The molecule has 5 rings (SSSR count). The number of carbonyl (C=O) groups excluding carboxylic acids is 3. The van der Waals surface area contributed by atoms with Crippen LogP contribution in [0.4, 0.5) is 26.2 Å². The van der Waals surface area contributed by atoms with Gasteiger partial charge in [0.25, 0.3) is 5.91 Å². The van der Waals surface area contributed by atoms with Crippen LogP contribution in [0.5, 0.6) is 0 Å². The smallest absolute Gasteiger partial charge is 0.414 e. The Hall–Kier alpha value is -3.71. The lowest BCUT2D eigenvalue weighted by Gasteiger charge is -2.34. The first-order chi connectivity index (χ1) is 22.0. The predicted octanol–water partition coefficient (Wildman–Crippen LogP) is 5.56. The van der Waals surface area contributed by atoms with Gasteiger partial charge in [0.05, 0.1) is 11.9 Å². The first-order valence-electron chi connectivity index (χ1n) is 16.2. The molecule has 1 spiro atoms. The van der Waals surface area contributed by atoms with Crippen molar-refractivity contribution in [3.63, 3.8) is 0 Å². The highest BCUT2D eigenvalue weighted by atomic mass is 32.2. The lowest BCUT2D eigenvalue weighted by molar-refractivity contribution is -0.119. The number of ether oxygens (including phenoxy) is 2. The average molecular weight is 673 g/mol. The molecule has 2 aromatic rings. The van der Waals surface area contributed by atoms with Gasteiger partial charge in [-0.15, -0.1) is 0 Å². The molecule has 2 heterocycles. The molecule has 0 bridgehead atoms. The Labute approximate surface area is 276 Å². The van der Waals surface area contributed by atoms with Crippen molar-refractivity contribution in [3.8, 4) is 0 Å². The predicted molar refractivity (Wildman–Crippen MR) is 178 cm³/mol. The van der Waals surface area contributed by atoms with Crippen LogP contribution in [0.15, 0.2) is 36.4 Å². The quantitative estimate of drug-likeness (QED) is 0.349. The van der Waals surface area contributed by atoms with Crippen LogP contribution in [0.25, 0.3) is 0 Å². The Morgan fingerprint density at radius 3 is 2.36 bits per heavy atom. The molecule has 1 saturated heterocycles. The van der Waals surface area contributed by atoms with E-state index in [2.05, 4.69) is 22.3 Å². The van der Waals surface area contributed by atoms with Gasteiger partial charge < -0.3 is 20.1 Å². The summed E-state index contributed by atoms with van der Waals surface area (Å²) in [7, 11) is -3.56. The van der Waals surface area contributed by atoms with Crippen molar-refractivity contribution in [3.05, 3.63) is 53.3 Å². The van der Waals surface area contributed by atoms with E-state index in [-0.39, 0.29) is 29.4 Å².